The number of allylic oxidation sites excluding steroid dienone is 1. The Morgan fingerprint density at radius 2 is 1.77 bits per heavy atom. The van der Waals surface area contributed by atoms with Crippen molar-refractivity contribution in [2.75, 3.05) is 0 Å². The molecule has 0 fully saturated rings. The van der Waals surface area contributed by atoms with Crippen molar-refractivity contribution in [2.24, 2.45) is 0 Å². The van der Waals surface area contributed by atoms with Crippen LogP contribution in [0, 0.1) is 6.08 Å². The van der Waals surface area contributed by atoms with Gasteiger partial charge in [0.2, 0.25) is 0 Å². The minimum Gasteiger partial charge on any atom is -0.260 e. The molecule has 1 aliphatic carbocycles. The highest BCUT2D eigenvalue weighted by molar-refractivity contribution is 5.87. The van der Waals surface area contributed by atoms with Gasteiger partial charge in [-0.3, -0.25) is 4.98 Å². The number of rotatable bonds is 6. The van der Waals surface area contributed by atoms with Crippen LogP contribution in [0.4, 0.5) is 4.39 Å². The van der Waals surface area contributed by atoms with Crippen LogP contribution >= 0.6 is 0 Å². The van der Waals surface area contributed by atoms with Crippen LogP contribution in [0.1, 0.15) is 96.9 Å². The first-order chi connectivity index (χ1) is 14.2. The fourth-order valence-corrected chi connectivity index (χ4v) is 6.07. The zero-order chi connectivity index (χ0) is 21.9. The zero-order valence-corrected chi connectivity index (χ0v) is 19.4. The van der Waals surface area contributed by atoms with Crippen LogP contribution in [0.2, 0.25) is 0 Å². The van der Waals surface area contributed by atoms with E-state index < -0.39 is 11.6 Å². The van der Waals surface area contributed by atoms with Gasteiger partial charge in [0, 0.05) is 22.6 Å². The molecule has 0 saturated heterocycles. The Kier molecular flexibility index (Phi) is 4.91. The summed E-state index contributed by atoms with van der Waals surface area (Å²) in [6.07, 6.45) is 9.40. The fourth-order valence-electron chi connectivity index (χ4n) is 6.07. The van der Waals surface area contributed by atoms with Crippen LogP contribution in [0.25, 0.3) is 16.8 Å². The van der Waals surface area contributed by atoms with Crippen LogP contribution in [0.3, 0.4) is 0 Å². The van der Waals surface area contributed by atoms with E-state index in [0.29, 0.717) is 0 Å². The average molecular weight is 409 g/mol. The van der Waals surface area contributed by atoms with E-state index in [1.165, 1.54) is 12.8 Å². The lowest BCUT2D eigenvalue weighted by atomic mass is 9.54. The van der Waals surface area contributed by atoms with E-state index in [4.69, 9.17) is 4.98 Å². The van der Waals surface area contributed by atoms with E-state index >= 15 is 4.39 Å². The standard InChI is InChI=1S/C26H35FN3/c1-8-11-12-14-25(7)19-16-29-23(27)30-21(19)20-18(17(4)26(30,9-2)10-3)13-15-28-22(20)24(25,5)6/h13,15-16H,4,8-12,14H2,1-3,5-7H3/q+1. The van der Waals surface area contributed by atoms with Crippen molar-refractivity contribution < 1.29 is 8.96 Å². The molecule has 160 valence electrons. The Morgan fingerprint density at radius 1 is 1.07 bits per heavy atom. The van der Waals surface area contributed by atoms with Gasteiger partial charge in [-0.2, -0.15) is 4.57 Å². The lowest BCUT2D eigenvalue weighted by Crippen LogP contribution is -2.65. The van der Waals surface area contributed by atoms with Crippen LogP contribution in [-0.4, -0.2) is 9.97 Å². The van der Waals surface area contributed by atoms with Crippen molar-refractivity contribution in [3.63, 3.8) is 0 Å². The van der Waals surface area contributed by atoms with Gasteiger partial charge in [0.05, 0.1) is 16.8 Å². The Bertz CT molecular complexity index is 1020. The maximum atomic E-state index is 15.5. The molecule has 0 radical (unpaired) electrons. The van der Waals surface area contributed by atoms with Crippen LogP contribution < -0.4 is 4.57 Å². The monoisotopic (exact) mass is 408 g/mol. The molecule has 0 aromatic carbocycles. The minimum atomic E-state index is -0.500. The third-order valence-corrected chi connectivity index (χ3v) is 8.48. The smallest absolute Gasteiger partial charge is 0.260 e. The van der Waals surface area contributed by atoms with Crippen molar-refractivity contribution in [2.45, 2.75) is 96.4 Å². The highest BCUT2D eigenvalue weighted by Crippen LogP contribution is 2.58. The lowest BCUT2D eigenvalue weighted by Gasteiger charge is -2.51. The van der Waals surface area contributed by atoms with E-state index in [0.717, 1.165) is 59.3 Å². The van der Waals surface area contributed by atoms with E-state index in [1.807, 2.05) is 10.8 Å². The van der Waals surface area contributed by atoms with Crippen molar-refractivity contribution in [1.29, 1.82) is 0 Å². The molecular formula is C26H35FN3+. The highest BCUT2D eigenvalue weighted by Gasteiger charge is 2.58. The third kappa shape index (κ3) is 2.39. The first-order valence-electron chi connectivity index (χ1n) is 11.5. The van der Waals surface area contributed by atoms with Gasteiger partial charge in [-0.05, 0) is 35.9 Å². The molecule has 0 N–H and O–H groups in total. The number of aromatic nitrogens is 3. The van der Waals surface area contributed by atoms with Gasteiger partial charge in [0.1, 0.15) is 11.2 Å². The SMILES string of the molecule is C=C1c2ccnc3c2-c2c(cnc(F)[n+]2C1(CC)CC)C(C)(CCCCC)C3(C)C. The summed E-state index contributed by atoms with van der Waals surface area (Å²) in [5.41, 5.74) is 5.49. The van der Waals surface area contributed by atoms with Crippen molar-refractivity contribution in [3.8, 4) is 11.3 Å². The van der Waals surface area contributed by atoms with E-state index in [1.54, 1.807) is 6.20 Å². The molecule has 3 nitrogen and oxygen atoms in total. The van der Waals surface area contributed by atoms with E-state index in [9.17, 15) is 0 Å². The van der Waals surface area contributed by atoms with Gasteiger partial charge in [0.15, 0.2) is 6.20 Å². The fraction of sp³-hybridized carbons (Fsp3) is 0.577. The summed E-state index contributed by atoms with van der Waals surface area (Å²) in [5, 5.41) is 0. The molecule has 4 rings (SSSR count). The summed E-state index contributed by atoms with van der Waals surface area (Å²) in [5.74, 6) is 0. The second kappa shape index (κ2) is 6.96. The molecule has 0 spiro atoms. The van der Waals surface area contributed by atoms with Crippen LogP contribution in [0.5, 0.6) is 0 Å². The van der Waals surface area contributed by atoms with Gasteiger partial charge in [0.25, 0.3) is 0 Å². The van der Waals surface area contributed by atoms with Crippen LogP contribution in [0.15, 0.2) is 25.0 Å². The second-order valence-corrected chi connectivity index (χ2v) is 9.84. The van der Waals surface area contributed by atoms with E-state index in [-0.39, 0.29) is 10.8 Å². The van der Waals surface area contributed by atoms with Crippen LogP contribution in [-0.2, 0) is 16.4 Å². The molecule has 30 heavy (non-hydrogen) atoms. The predicted molar refractivity (Wildman–Crippen MR) is 120 cm³/mol. The summed E-state index contributed by atoms with van der Waals surface area (Å²) in [6, 6.07) is 2.07. The first kappa shape index (κ1) is 21.1. The summed E-state index contributed by atoms with van der Waals surface area (Å²) in [4.78, 5) is 9.21. The maximum absolute atomic E-state index is 15.5. The molecule has 4 heteroatoms. The van der Waals surface area contributed by atoms with Crippen molar-refractivity contribution in [1.82, 2.24) is 9.97 Å². The Hall–Kier alpha value is -2.10. The molecule has 1 unspecified atom stereocenters. The number of hydrogen-bond donors (Lipinski definition) is 0. The van der Waals surface area contributed by atoms with Gasteiger partial charge >= 0.3 is 6.08 Å². The molecule has 1 aliphatic heterocycles. The molecule has 3 heterocycles. The minimum absolute atomic E-state index is 0.176. The predicted octanol–water partition coefficient (Wildman–Crippen LogP) is 6.24. The topological polar surface area (TPSA) is 29.7 Å². The quantitative estimate of drug-likeness (QED) is 0.322. The normalized spacial score (nSPS) is 22.7. The van der Waals surface area contributed by atoms with Gasteiger partial charge < -0.3 is 0 Å². The Balaban J connectivity index is 2.14. The zero-order valence-electron chi connectivity index (χ0n) is 19.4. The maximum Gasteiger partial charge on any atom is 0.489 e. The second-order valence-electron chi connectivity index (χ2n) is 9.84. The number of hydrogen-bond acceptors (Lipinski definition) is 2. The Morgan fingerprint density at radius 3 is 2.40 bits per heavy atom. The number of unbranched alkanes of at least 4 members (excludes halogenated alkanes) is 2. The molecule has 0 amide bonds. The summed E-state index contributed by atoms with van der Waals surface area (Å²) in [7, 11) is 0. The molecular weight excluding hydrogens is 373 g/mol. The largest absolute Gasteiger partial charge is 0.489 e. The molecule has 0 saturated carbocycles. The number of nitrogens with zero attached hydrogens (tertiary/aromatic N) is 3. The summed E-state index contributed by atoms with van der Waals surface area (Å²) >= 11 is 0. The molecule has 2 aromatic heterocycles. The molecule has 2 aliphatic rings. The molecule has 2 aromatic rings. The first-order valence-corrected chi connectivity index (χ1v) is 11.5. The molecule has 0 bridgehead atoms. The van der Waals surface area contributed by atoms with Crippen molar-refractivity contribution >= 4 is 5.57 Å². The summed E-state index contributed by atoms with van der Waals surface area (Å²) < 4.78 is 17.4. The van der Waals surface area contributed by atoms with Crippen molar-refractivity contribution in [3.05, 3.63) is 47.9 Å². The third-order valence-electron chi connectivity index (χ3n) is 8.48. The van der Waals surface area contributed by atoms with Gasteiger partial charge in [-0.1, -0.05) is 67.4 Å². The van der Waals surface area contributed by atoms with Gasteiger partial charge in [-0.15, -0.1) is 4.39 Å². The average Bonchev–Trinajstić information content (AvgIpc) is 2.73. The highest BCUT2D eigenvalue weighted by atomic mass is 19.1. The van der Waals surface area contributed by atoms with E-state index in [2.05, 4.69) is 59.2 Å². The summed E-state index contributed by atoms with van der Waals surface area (Å²) in [6.45, 7) is 17.9. The Labute approximate surface area is 180 Å². The van der Waals surface area contributed by atoms with Gasteiger partial charge in [-0.25, -0.2) is 0 Å². The number of halogens is 1. The lowest BCUT2D eigenvalue weighted by molar-refractivity contribution is -0.769. The number of pyridine rings is 1. The molecule has 1 atom stereocenters.